The summed E-state index contributed by atoms with van der Waals surface area (Å²) in [5.74, 6) is 1.86. The Morgan fingerprint density at radius 1 is 1.00 bits per heavy atom. The molecule has 0 saturated carbocycles. The molecule has 7 heteroatoms. The topological polar surface area (TPSA) is 110 Å². The van der Waals surface area contributed by atoms with Crippen molar-refractivity contribution in [2.75, 3.05) is 25.4 Å². The van der Waals surface area contributed by atoms with E-state index >= 15 is 0 Å². The number of hydrogen-bond acceptors (Lipinski definition) is 7. The minimum atomic E-state index is -0.622. The Kier molecular flexibility index (Phi) is 7.27. The Balaban J connectivity index is 1.35. The molecule has 3 aromatic rings. The van der Waals surface area contributed by atoms with E-state index in [1.807, 2.05) is 24.3 Å². The Labute approximate surface area is 169 Å². The molecule has 7 nitrogen and oxygen atoms in total. The van der Waals surface area contributed by atoms with Gasteiger partial charge < -0.3 is 30.7 Å². The average molecular weight is 395 g/mol. The molecule has 0 spiro atoms. The van der Waals surface area contributed by atoms with Gasteiger partial charge in [0.1, 0.15) is 30.0 Å². The lowest BCUT2D eigenvalue weighted by Gasteiger charge is -2.13. The number of pyridine rings is 1. The number of rotatable bonds is 10. The molecule has 1 heterocycles. The Morgan fingerprint density at radius 2 is 1.72 bits per heavy atom. The molecule has 0 saturated heterocycles. The third-order valence-corrected chi connectivity index (χ3v) is 4.19. The van der Waals surface area contributed by atoms with E-state index in [2.05, 4.69) is 10.3 Å². The first-order valence-corrected chi connectivity index (χ1v) is 9.38. The van der Waals surface area contributed by atoms with Gasteiger partial charge in [-0.3, -0.25) is 0 Å². The Bertz CT molecular complexity index is 885. The van der Waals surface area contributed by atoms with Crippen LogP contribution >= 0.6 is 0 Å². The van der Waals surface area contributed by atoms with Crippen molar-refractivity contribution in [2.24, 2.45) is 0 Å². The number of nitrogens with two attached hydrogens (primary N) is 1. The Hall–Kier alpha value is -3.29. The highest BCUT2D eigenvalue weighted by atomic mass is 16.5. The molecule has 2 aromatic carbocycles. The van der Waals surface area contributed by atoms with E-state index in [4.69, 9.17) is 15.2 Å². The standard InChI is InChI=1S/C22H25N3O4/c23-21-2-1-12-25-22(21)29-20-7-3-16(4-8-20)11-13-24-14-18(27)15-28-19-9-5-17(26)6-10-19/h1-10,12,18,24,26-27H,11,13-15,23H2/t18-/m1/s1. The van der Waals surface area contributed by atoms with Crippen molar-refractivity contribution in [2.45, 2.75) is 12.5 Å². The quantitative estimate of drug-likeness (QED) is 0.391. The lowest BCUT2D eigenvalue weighted by Crippen LogP contribution is -2.32. The average Bonchev–Trinajstić information content (AvgIpc) is 2.73. The number of benzene rings is 2. The predicted octanol–water partition coefficient (Wildman–Crippen LogP) is 2.73. The van der Waals surface area contributed by atoms with Gasteiger partial charge in [-0.2, -0.15) is 0 Å². The van der Waals surface area contributed by atoms with Gasteiger partial charge in [-0.15, -0.1) is 0 Å². The number of nitrogen functional groups attached to an aromatic ring is 1. The van der Waals surface area contributed by atoms with E-state index in [1.54, 1.807) is 42.6 Å². The van der Waals surface area contributed by atoms with Crippen LogP contribution in [0.15, 0.2) is 66.9 Å². The number of aromatic nitrogens is 1. The third-order valence-electron chi connectivity index (χ3n) is 4.19. The zero-order valence-electron chi connectivity index (χ0n) is 16.0. The molecule has 0 aliphatic heterocycles. The molecule has 3 rings (SSSR count). The van der Waals surface area contributed by atoms with Crippen LogP contribution in [-0.2, 0) is 6.42 Å². The number of aliphatic hydroxyl groups is 1. The molecule has 1 atom stereocenters. The van der Waals surface area contributed by atoms with Gasteiger partial charge >= 0.3 is 0 Å². The summed E-state index contributed by atoms with van der Waals surface area (Å²) in [6, 6.07) is 17.6. The van der Waals surface area contributed by atoms with Gasteiger partial charge in [-0.05, 0) is 67.1 Å². The van der Waals surface area contributed by atoms with E-state index in [-0.39, 0.29) is 12.4 Å². The van der Waals surface area contributed by atoms with Crippen LogP contribution in [0.1, 0.15) is 5.56 Å². The molecule has 0 radical (unpaired) electrons. The van der Waals surface area contributed by atoms with Gasteiger partial charge in [-0.25, -0.2) is 4.98 Å². The van der Waals surface area contributed by atoms with Gasteiger partial charge in [0.25, 0.3) is 0 Å². The van der Waals surface area contributed by atoms with E-state index < -0.39 is 6.10 Å². The lowest BCUT2D eigenvalue weighted by atomic mass is 10.1. The number of phenolic OH excluding ortho intramolecular Hbond substituents is 1. The fourth-order valence-electron chi connectivity index (χ4n) is 2.62. The molecule has 0 amide bonds. The third kappa shape index (κ3) is 6.67. The van der Waals surface area contributed by atoms with Crippen molar-refractivity contribution < 1.29 is 19.7 Å². The van der Waals surface area contributed by atoms with Gasteiger partial charge in [0.05, 0.1) is 5.69 Å². The van der Waals surface area contributed by atoms with E-state index in [9.17, 15) is 10.2 Å². The zero-order valence-corrected chi connectivity index (χ0v) is 16.0. The van der Waals surface area contributed by atoms with Crippen molar-refractivity contribution in [3.05, 3.63) is 72.4 Å². The fourth-order valence-corrected chi connectivity index (χ4v) is 2.62. The van der Waals surface area contributed by atoms with Crippen LogP contribution in [0.4, 0.5) is 5.69 Å². The smallest absolute Gasteiger partial charge is 0.242 e. The molecule has 152 valence electrons. The number of phenols is 1. The van der Waals surface area contributed by atoms with Crippen molar-refractivity contribution >= 4 is 5.69 Å². The SMILES string of the molecule is Nc1cccnc1Oc1ccc(CCNC[C@@H](O)COc2ccc(O)cc2)cc1. The number of ether oxygens (including phenoxy) is 2. The number of aromatic hydroxyl groups is 1. The summed E-state index contributed by atoms with van der Waals surface area (Å²) >= 11 is 0. The summed E-state index contributed by atoms with van der Waals surface area (Å²) in [6.07, 6.45) is 1.83. The highest BCUT2D eigenvalue weighted by Gasteiger charge is 2.06. The highest BCUT2D eigenvalue weighted by Crippen LogP contribution is 2.24. The van der Waals surface area contributed by atoms with Gasteiger partial charge in [-0.1, -0.05) is 12.1 Å². The number of nitrogens with zero attached hydrogens (tertiary/aromatic N) is 1. The summed E-state index contributed by atoms with van der Waals surface area (Å²) in [4.78, 5) is 4.11. The first-order valence-electron chi connectivity index (χ1n) is 9.38. The van der Waals surface area contributed by atoms with E-state index in [1.165, 1.54) is 0 Å². The number of aliphatic hydroxyl groups excluding tert-OH is 1. The zero-order chi connectivity index (χ0) is 20.5. The maximum Gasteiger partial charge on any atom is 0.242 e. The first-order chi connectivity index (χ1) is 14.1. The second-order valence-electron chi connectivity index (χ2n) is 6.56. The van der Waals surface area contributed by atoms with E-state index in [0.29, 0.717) is 29.6 Å². The summed E-state index contributed by atoms with van der Waals surface area (Å²) in [7, 11) is 0. The van der Waals surface area contributed by atoms with Crippen LogP contribution in [-0.4, -0.2) is 41.0 Å². The number of hydrogen-bond donors (Lipinski definition) is 4. The molecule has 0 unspecified atom stereocenters. The second-order valence-corrected chi connectivity index (χ2v) is 6.56. The minimum absolute atomic E-state index is 0.181. The molecule has 0 aliphatic carbocycles. The van der Waals surface area contributed by atoms with Crippen LogP contribution in [0.2, 0.25) is 0 Å². The van der Waals surface area contributed by atoms with Crippen molar-refractivity contribution in [3.8, 4) is 23.1 Å². The summed E-state index contributed by atoms with van der Waals surface area (Å²) < 4.78 is 11.2. The molecule has 5 N–H and O–H groups in total. The fraction of sp³-hybridized carbons (Fsp3) is 0.227. The lowest BCUT2D eigenvalue weighted by molar-refractivity contribution is 0.106. The second kappa shape index (κ2) is 10.3. The predicted molar refractivity (Wildman–Crippen MR) is 111 cm³/mol. The van der Waals surface area contributed by atoms with Crippen LogP contribution in [0.5, 0.6) is 23.1 Å². The van der Waals surface area contributed by atoms with Gasteiger partial charge in [0.2, 0.25) is 5.88 Å². The van der Waals surface area contributed by atoms with Gasteiger partial charge in [0, 0.05) is 12.7 Å². The highest BCUT2D eigenvalue weighted by molar-refractivity contribution is 5.48. The van der Waals surface area contributed by atoms with E-state index in [0.717, 1.165) is 18.5 Å². The first kappa shape index (κ1) is 20.4. The number of nitrogens with one attached hydrogen (secondary N) is 1. The summed E-state index contributed by atoms with van der Waals surface area (Å²) in [5.41, 5.74) is 7.47. The molecule has 0 aliphatic rings. The molecule has 1 aromatic heterocycles. The van der Waals surface area contributed by atoms with Crippen molar-refractivity contribution in [1.82, 2.24) is 10.3 Å². The monoisotopic (exact) mass is 395 g/mol. The summed E-state index contributed by atoms with van der Waals surface area (Å²) in [5, 5.41) is 22.4. The van der Waals surface area contributed by atoms with Crippen molar-refractivity contribution in [1.29, 1.82) is 0 Å². The summed E-state index contributed by atoms with van der Waals surface area (Å²) in [6.45, 7) is 1.34. The van der Waals surface area contributed by atoms with Crippen LogP contribution < -0.4 is 20.5 Å². The maximum absolute atomic E-state index is 9.99. The minimum Gasteiger partial charge on any atom is -0.508 e. The normalized spacial score (nSPS) is 11.8. The molecule has 29 heavy (non-hydrogen) atoms. The van der Waals surface area contributed by atoms with Crippen LogP contribution in [0, 0.1) is 0 Å². The number of anilines is 1. The molecular weight excluding hydrogens is 370 g/mol. The molecular formula is C22H25N3O4. The van der Waals surface area contributed by atoms with Crippen LogP contribution in [0.25, 0.3) is 0 Å². The largest absolute Gasteiger partial charge is 0.508 e. The van der Waals surface area contributed by atoms with Crippen LogP contribution in [0.3, 0.4) is 0 Å². The molecule has 0 bridgehead atoms. The maximum atomic E-state index is 9.99. The Morgan fingerprint density at radius 3 is 2.45 bits per heavy atom. The van der Waals surface area contributed by atoms with Crippen molar-refractivity contribution in [3.63, 3.8) is 0 Å². The van der Waals surface area contributed by atoms with Gasteiger partial charge in [0.15, 0.2) is 0 Å². The molecule has 0 fully saturated rings.